The van der Waals surface area contributed by atoms with Gasteiger partial charge in [0, 0.05) is 5.56 Å². The fourth-order valence-corrected chi connectivity index (χ4v) is 2.21. The summed E-state index contributed by atoms with van der Waals surface area (Å²) in [6.07, 6.45) is 0. The van der Waals surface area contributed by atoms with Crippen LogP contribution >= 0.6 is 11.6 Å². The zero-order valence-corrected chi connectivity index (χ0v) is 12.0. The van der Waals surface area contributed by atoms with Crippen LogP contribution in [-0.4, -0.2) is 9.97 Å². The standard InChI is InChI=1S/C16H13ClN2O/c1-10-15(17)18-11(2)19-16(10)20-14-8-7-12-5-3-4-6-13(12)9-14/h3-9H,1-2H3. The number of aryl methyl sites for hydroxylation is 1. The highest BCUT2D eigenvalue weighted by atomic mass is 35.5. The van der Waals surface area contributed by atoms with E-state index in [0.717, 1.165) is 16.7 Å². The van der Waals surface area contributed by atoms with E-state index >= 15 is 0 Å². The Morgan fingerprint density at radius 1 is 0.950 bits per heavy atom. The second-order valence-corrected chi connectivity index (χ2v) is 4.96. The second-order valence-electron chi connectivity index (χ2n) is 4.60. The highest BCUT2D eigenvalue weighted by Crippen LogP contribution is 2.28. The van der Waals surface area contributed by atoms with Crippen molar-refractivity contribution >= 4 is 22.4 Å². The molecule has 0 atom stereocenters. The molecule has 0 bridgehead atoms. The molecule has 0 aliphatic heterocycles. The van der Waals surface area contributed by atoms with Crippen LogP contribution < -0.4 is 4.74 Å². The van der Waals surface area contributed by atoms with E-state index in [1.165, 1.54) is 5.39 Å². The van der Waals surface area contributed by atoms with E-state index in [0.29, 0.717) is 16.9 Å². The lowest BCUT2D eigenvalue weighted by atomic mass is 10.1. The maximum absolute atomic E-state index is 6.05. The molecule has 0 aliphatic carbocycles. The minimum atomic E-state index is 0.424. The predicted octanol–water partition coefficient (Wildman–Crippen LogP) is 4.69. The molecule has 3 nitrogen and oxygen atoms in total. The molecule has 0 radical (unpaired) electrons. The average Bonchev–Trinajstić information content (AvgIpc) is 2.44. The van der Waals surface area contributed by atoms with Crippen molar-refractivity contribution in [1.82, 2.24) is 9.97 Å². The Morgan fingerprint density at radius 3 is 2.50 bits per heavy atom. The van der Waals surface area contributed by atoms with Crippen LogP contribution in [0.25, 0.3) is 10.8 Å². The number of nitrogens with zero attached hydrogens (tertiary/aromatic N) is 2. The van der Waals surface area contributed by atoms with Gasteiger partial charge in [-0.15, -0.1) is 0 Å². The van der Waals surface area contributed by atoms with Gasteiger partial charge in [0.05, 0.1) is 0 Å². The van der Waals surface area contributed by atoms with Crippen molar-refractivity contribution in [1.29, 1.82) is 0 Å². The predicted molar refractivity (Wildman–Crippen MR) is 80.5 cm³/mol. The second kappa shape index (κ2) is 5.10. The first kappa shape index (κ1) is 12.9. The lowest BCUT2D eigenvalue weighted by molar-refractivity contribution is 0.456. The molecule has 100 valence electrons. The van der Waals surface area contributed by atoms with E-state index in [-0.39, 0.29) is 0 Å². The van der Waals surface area contributed by atoms with E-state index in [4.69, 9.17) is 16.3 Å². The van der Waals surface area contributed by atoms with Gasteiger partial charge in [-0.2, -0.15) is 4.98 Å². The van der Waals surface area contributed by atoms with Gasteiger partial charge in [-0.05, 0) is 36.8 Å². The number of hydrogen-bond donors (Lipinski definition) is 0. The van der Waals surface area contributed by atoms with Gasteiger partial charge in [-0.3, -0.25) is 0 Å². The molecule has 0 unspecified atom stereocenters. The number of rotatable bonds is 2. The third-order valence-electron chi connectivity index (χ3n) is 3.09. The fourth-order valence-electron chi connectivity index (χ4n) is 2.01. The highest BCUT2D eigenvalue weighted by molar-refractivity contribution is 6.30. The van der Waals surface area contributed by atoms with Gasteiger partial charge in [0.2, 0.25) is 5.88 Å². The Labute approximate surface area is 122 Å². The summed E-state index contributed by atoms with van der Waals surface area (Å²) in [5, 5.41) is 2.72. The van der Waals surface area contributed by atoms with Crippen LogP contribution in [0.4, 0.5) is 0 Å². The third-order valence-corrected chi connectivity index (χ3v) is 3.46. The van der Waals surface area contributed by atoms with Crippen molar-refractivity contribution < 1.29 is 4.74 Å². The molecule has 3 rings (SSSR count). The molecule has 2 aromatic carbocycles. The van der Waals surface area contributed by atoms with Gasteiger partial charge in [0.15, 0.2) is 0 Å². The number of benzene rings is 2. The SMILES string of the molecule is Cc1nc(Cl)c(C)c(Oc2ccc3ccccc3c2)n1. The molecule has 0 saturated heterocycles. The number of halogens is 1. The Balaban J connectivity index is 2.01. The topological polar surface area (TPSA) is 35.0 Å². The largest absolute Gasteiger partial charge is 0.439 e. The van der Waals surface area contributed by atoms with Gasteiger partial charge in [0.1, 0.15) is 16.7 Å². The van der Waals surface area contributed by atoms with Gasteiger partial charge in [0.25, 0.3) is 0 Å². The van der Waals surface area contributed by atoms with Crippen molar-refractivity contribution in [3.63, 3.8) is 0 Å². The zero-order chi connectivity index (χ0) is 14.1. The van der Waals surface area contributed by atoms with Crippen LogP contribution in [0.3, 0.4) is 0 Å². The van der Waals surface area contributed by atoms with Crippen molar-refractivity contribution in [3.8, 4) is 11.6 Å². The Morgan fingerprint density at radius 2 is 1.70 bits per heavy atom. The third kappa shape index (κ3) is 2.45. The maximum Gasteiger partial charge on any atom is 0.226 e. The van der Waals surface area contributed by atoms with Gasteiger partial charge < -0.3 is 4.74 Å². The van der Waals surface area contributed by atoms with Crippen molar-refractivity contribution in [3.05, 3.63) is 59.0 Å². The first-order valence-corrected chi connectivity index (χ1v) is 6.69. The number of hydrogen-bond acceptors (Lipinski definition) is 3. The van der Waals surface area contributed by atoms with Crippen LogP contribution in [0.5, 0.6) is 11.6 Å². The van der Waals surface area contributed by atoms with E-state index in [2.05, 4.69) is 16.0 Å². The molecule has 0 amide bonds. The van der Waals surface area contributed by atoms with Crippen LogP contribution in [0.2, 0.25) is 5.15 Å². The molecule has 1 heterocycles. The van der Waals surface area contributed by atoms with Gasteiger partial charge in [-0.25, -0.2) is 4.98 Å². The zero-order valence-electron chi connectivity index (χ0n) is 11.2. The van der Waals surface area contributed by atoms with Crippen molar-refractivity contribution in [2.75, 3.05) is 0 Å². The molecule has 0 saturated carbocycles. The summed E-state index contributed by atoms with van der Waals surface area (Å²) in [5.74, 6) is 1.83. The Bertz CT molecular complexity index is 787. The first-order chi connectivity index (χ1) is 9.63. The molecule has 3 aromatic rings. The summed E-state index contributed by atoms with van der Waals surface area (Å²) in [6.45, 7) is 3.64. The van der Waals surface area contributed by atoms with E-state index < -0.39 is 0 Å². The number of ether oxygens (including phenoxy) is 1. The van der Waals surface area contributed by atoms with Crippen LogP contribution in [0.15, 0.2) is 42.5 Å². The van der Waals surface area contributed by atoms with Crippen LogP contribution in [0, 0.1) is 13.8 Å². The van der Waals surface area contributed by atoms with Crippen molar-refractivity contribution in [2.45, 2.75) is 13.8 Å². The van der Waals surface area contributed by atoms with Crippen LogP contribution in [-0.2, 0) is 0 Å². The number of aromatic nitrogens is 2. The molecule has 0 spiro atoms. The summed E-state index contributed by atoms with van der Waals surface area (Å²) >= 11 is 6.05. The monoisotopic (exact) mass is 284 g/mol. The minimum absolute atomic E-state index is 0.424. The molecule has 0 N–H and O–H groups in total. The molecule has 4 heteroatoms. The first-order valence-electron chi connectivity index (χ1n) is 6.31. The van der Waals surface area contributed by atoms with E-state index in [1.807, 2.05) is 43.3 Å². The molecular formula is C16H13ClN2O. The Hall–Kier alpha value is -2.13. The summed E-state index contributed by atoms with van der Waals surface area (Å²) in [5.41, 5.74) is 0.741. The lowest BCUT2D eigenvalue weighted by Crippen LogP contribution is -1.97. The highest BCUT2D eigenvalue weighted by Gasteiger charge is 2.09. The van der Waals surface area contributed by atoms with E-state index in [9.17, 15) is 0 Å². The van der Waals surface area contributed by atoms with Crippen molar-refractivity contribution in [2.24, 2.45) is 0 Å². The quantitative estimate of drug-likeness (QED) is 0.640. The fraction of sp³-hybridized carbons (Fsp3) is 0.125. The number of fused-ring (bicyclic) bond motifs is 1. The molecule has 0 fully saturated rings. The van der Waals surface area contributed by atoms with E-state index in [1.54, 1.807) is 6.92 Å². The summed E-state index contributed by atoms with van der Waals surface area (Å²) in [6, 6.07) is 14.1. The molecule has 0 aliphatic rings. The van der Waals surface area contributed by atoms with Gasteiger partial charge in [-0.1, -0.05) is 41.9 Å². The smallest absolute Gasteiger partial charge is 0.226 e. The molecular weight excluding hydrogens is 272 g/mol. The average molecular weight is 285 g/mol. The summed E-state index contributed by atoms with van der Waals surface area (Å²) in [4.78, 5) is 8.39. The van der Waals surface area contributed by atoms with Crippen LogP contribution in [0.1, 0.15) is 11.4 Å². The summed E-state index contributed by atoms with van der Waals surface area (Å²) < 4.78 is 5.84. The molecule has 1 aromatic heterocycles. The minimum Gasteiger partial charge on any atom is -0.439 e. The maximum atomic E-state index is 6.05. The molecule has 20 heavy (non-hydrogen) atoms. The van der Waals surface area contributed by atoms with Gasteiger partial charge >= 0.3 is 0 Å². The normalized spacial score (nSPS) is 10.8. The lowest BCUT2D eigenvalue weighted by Gasteiger charge is -2.10. The summed E-state index contributed by atoms with van der Waals surface area (Å²) in [7, 11) is 0. The Kier molecular flexibility index (Phi) is 3.28.